The van der Waals surface area contributed by atoms with E-state index in [0.717, 1.165) is 6.42 Å². The van der Waals surface area contributed by atoms with E-state index in [1.807, 2.05) is 31.2 Å². The Morgan fingerprint density at radius 2 is 1.70 bits per heavy atom. The van der Waals surface area contributed by atoms with Crippen molar-refractivity contribution in [3.63, 3.8) is 0 Å². The van der Waals surface area contributed by atoms with Crippen LogP contribution in [0.3, 0.4) is 0 Å². The van der Waals surface area contributed by atoms with E-state index in [-0.39, 0.29) is 23.4 Å². The Hall–Kier alpha value is -1.96. The molecule has 0 saturated heterocycles. The number of hydrogen-bond donors (Lipinski definition) is 0. The first-order valence-corrected chi connectivity index (χ1v) is 8.43. The summed E-state index contributed by atoms with van der Waals surface area (Å²) in [4.78, 5) is 27.0. The molecule has 1 aromatic carbocycles. The highest BCUT2D eigenvalue weighted by Gasteiger charge is 2.71. The van der Waals surface area contributed by atoms with Gasteiger partial charge in [0.2, 0.25) is 0 Å². The van der Waals surface area contributed by atoms with Crippen molar-refractivity contribution < 1.29 is 9.59 Å². The first-order valence-electron chi connectivity index (χ1n) is 8.43. The van der Waals surface area contributed by atoms with Crippen LogP contribution in [-0.4, -0.2) is 11.6 Å². The van der Waals surface area contributed by atoms with Crippen LogP contribution < -0.4 is 0 Å². The summed E-state index contributed by atoms with van der Waals surface area (Å²) < 4.78 is 0. The van der Waals surface area contributed by atoms with Crippen LogP contribution in [0, 0.1) is 22.7 Å². The lowest BCUT2D eigenvalue weighted by atomic mass is 9.49. The summed E-state index contributed by atoms with van der Waals surface area (Å²) in [5.41, 5.74) is 1.23. The summed E-state index contributed by atoms with van der Waals surface area (Å²) in [6.07, 6.45) is 8.09. The Morgan fingerprint density at radius 3 is 2.35 bits per heavy atom. The Balaban J connectivity index is 2.00. The maximum Gasteiger partial charge on any atom is 0.171 e. The van der Waals surface area contributed by atoms with Gasteiger partial charge in [-0.2, -0.15) is 0 Å². The minimum Gasteiger partial charge on any atom is -0.293 e. The van der Waals surface area contributed by atoms with Crippen LogP contribution in [0.4, 0.5) is 0 Å². The SMILES string of the molecule is CC(C)=CCC12C(=O)c3ccccc3C(=O)C1(C)[C@@H]1C=C[C@H]2C1. The zero-order chi connectivity index (χ0) is 16.4. The molecular weight excluding hydrogens is 284 g/mol. The molecule has 118 valence electrons. The van der Waals surface area contributed by atoms with Crippen LogP contribution in [0.25, 0.3) is 0 Å². The summed E-state index contributed by atoms with van der Waals surface area (Å²) in [6.45, 7) is 6.15. The lowest BCUT2D eigenvalue weighted by molar-refractivity contribution is 0.0242. The van der Waals surface area contributed by atoms with Gasteiger partial charge in [-0.05, 0) is 38.5 Å². The molecular formula is C21H22O2. The summed E-state index contributed by atoms with van der Waals surface area (Å²) in [7, 11) is 0. The molecule has 4 atom stereocenters. The molecule has 0 aliphatic heterocycles. The predicted molar refractivity (Wildman–Crippen MR) is 90.4 cm³/mol. The highest BCUT2D eigenvalue weighted by atomic mass is 16.1. The van der Waals surface area contributed by atoms with Gasteiger partial charge in [-0.3, -0.25) is 9.59 Å². The van der Waals surface area contributed by atoms with Crippen LogP contribution in [0.15, 0.2) is 48.1 Å². The molecule has 2 unspecified atom stereocenters. The van der Waals surface area contributed by atoms with Crippen LogP contribution in [0.2, 0.25) is 0 Å². The normalized spacial score (nSPS) is 36.8. The smallest absolute Gasteiger partial charge is 0.171 e. The largest absolute Gasteiger partial charge is 0.293 e. The van der Waals surface area contributed by atoms with Crippen LogP contribution >= 0.6 is 0 Å². The van der Waals surface area contributed by atoms with Crippen molar-refractivity contribution in [2.45, 2.75) is 33.6 Å². The molecule has 0 amide bonds. The Morgan fingerprint density at radius 1 is 1.09 bits per heavy atom. The van der Waals surface area contributed by atoms with Gasteiger partial charge in [0.15, 0.2) is 11.6 Å². The number of carbonyl (C=O) groups is 2. The molecule has 1 saturated carbocycles. The van der Waals surface area contributed by atoms with E-state index in [1.165, 1.54) is 5.57 Å². The molecule has 0 N–H and O–H groups in total. The van der Waals surface area contributed by atoms with E-state index in [4.69, 9.17) is 0 Å². The molecule has 0 aromatic heterocycles. The summed E-state index contributed by atoms with van der Waals surface area (Å²) in [5.74, 6) is 0.692. The molecule has 23 heavy (non-hydrogen) atoms. The fourth-order valence-corrected chi connectivity index (χ4v) is 5.20. The molecule has 2 bridgehead atoms. The third-order valence-corrected chi connectivity index (χ3v) is 6.51. The Labute approximate surface area is 137 Å². The van der Waals surface area contributed by atoms with Crippen molar-refractivity contribution in [3.8, 4) is 0 Å². The number of ketones is 2. The quantitative estimate of drug-likeness (QED) is 0.747. The summed E-state index contributed by atoms with van der Waals surface area (Å²) in [6, 6.07) is 7.38. The molecule has 0 radical (unpaired) electrons. The molecule has 4 rings (SSSR count). The van der Waals surface area contributed by atoms with Crippen LogP contribution in [-0.2, 0) is 0 Å². The number of Topliss-reactive ketones (excluding diaryl/α,β-unsaturated/α-hetero) is 2. The van der Waals surface area contributed by atoms with Gasteiger partial charge in [-0.1, -0.05) is 55.0 Å². The van der Waals surface area contributed by atoms with Gasteiger partial charge in [0.05, 0.1) is 10.8 Å². The number of hydrogen-bond acceptors (Lipinski definition) is 2. The van der Waals surface area contributed by atoms with Gasteiger partial charge in [0.25, 0.3) is 0 Å². The molecule has 1 fully saturated rings. The van der Waals surface area contributed by atoms with Gasteiger partial charge in [-0.15, -0.1) is 0 Å². The summed E-state index contributed by atoms with van der Waals surface area (Å²) in [5, 5.41) is 0. The van der Waals surface area contributed by atoms with Gasteiger partial charge >= 0.3 is 0 Å². The fourth-order valence-electron chi connectivity index (χ4n) is 5.20. The van der Waals surface area contributed by atoms with Crippen molar-refractivity contribution in [1.29, 1.82) is 0 Å². The zero-order valence-electron chi connectivity index (χ0n) is 13.9. The van der Waals surface area contributed by atoms with E-state index in [0.29, 0.717) is 17.5 Å². The van der Waals surface area contributed by atoms with E-state index in [9.17, 15) is 9.59 Å². The summed E-state index contributed by atoms with van der Waals surface area (Å²) >= 11 is 0. The monoisotopic (exact) mass is 306 g/mol. The molecule has 3 aliphatic carbocycles. The van der Waals surface area contributed by atoms with E-state index in [2.05, 4.69) is 32.1 Å². The minimum atomic E-state index is -0.607. The first kappa shape index (κ1) is 14.6. The number of carbonyl (C=O) groups excluding carboxylic acids is 2. The number of rotatable bonds is 2. The molecule has 2 nitrogen and oxygen atoms in total. The second-order valence-corrected chi connectivity index (χ2v) is 7.70. The van der Waals surface area contributed by atoms with Crippen LogP contribution in [0.5, 0.6) is 0 Å². The Bertz CT molecular complexity index is 781. The lowest BCUT2D eigenvalue weighted by Crippen LogP contribution is -2.56. The van der Waals surface area contributed by atoms with Crippen molar-refractivity contribution in [3.05, 3.63) is 59.2 Å². The molecule has 0 heterocycles. The molecule has 2 heteroatoms. The Kier molecular flexibility index (Phi) is 2.88. The van der Waals surface area contributed by atoms with Crippen molar-refractivity contribution in [1.82, 2.24) is 0 Å². The average Bonchev–Trinajstić information content (AvgIpc) is 3.11. The first-order chi connectivity index (χ1) is 10.9. The maximum atomic E-state index is 13.6. The fraction of sp³-hybridized carbons (Fsp3) is 0.429. The van der Waals surface area contributed by atoms with Crippen LogP contribution in [0.1, 0.15) is 54.3 Å². The third-order valence-electron chi connectivity index (χ3n) is 6.51. The third kappa shape index (κ3) is 1.54. The highest BCUT2D eigenvalue weighted by molar-refractivity contribution is 6.20. The van der Waals surface area contributed by atoms with E-state index >= 15 is 0 Å². The molecule has 0 spiro atoms. The van der Waals surface area contributed by atoms with Crippen molar-refractivity contribution >= 4 is 11.6 Å². The second-order valence-electron chi connectivity index (χ2n) is 7.70. The van der Waals surface area contributed by atoms with Gasteiger partial charge in [0, 0.05) is 11.1 Å². The number of fused-ring (bicyclic) bond motifs is 6. The minimum absolute atomic E-state index is 0.159. The number of benzene rings is 1. The van der Waals surface area contributed by atoms with Crippen molar-refractivity contribution in [2.24, 2.45) is 22.7 Å². The van der Waals surface area contributed by atoms with Gasteiger partial charge in [-0.25, -0.2) is 0 Å². The maximum absolute atomic E-state index is 13.6. The second kappa shape index (κ2) is 4.53. The topological polar surface area (TPSA) is 34.1 Å². The molecule has 3 aliphatic rings. The standard InChI is InChI=1S/C21H22O2/c1-13(2)10-11-21-15-9-8-14(12-15)20(21,3)18(22)16-6-4-5-7-17(16)19(21)23/h4-10,14-15H,11-12H2,1-3H3/t14-,15+,20?,21?/m1/s1. The molecule has 1 aromatic rings. The zero-order valence-corrected chi connectivity index (χ0v) is 13.9. The number of allylic oxidation sites excluding steroid dienone is 4. The average molecular weight is 306 g/mol. The van der Waals surface area contributed by atoms with Gasteiger partial charge < -0.3 is 0 Å². The lowest BCUT2D eigenvalue weighted by Gasteiger charge is -2.50. The van der Waals surface area contributed by atoms with Crippen molar-refractivity contribution in [2.75, 3.05) is 0 Å². The predicted octanol–water partition coefficient (Wildman–Crippen LogP) is 4.62. The van der Waals surface area contributed by atoms with E-state index < -0.39 is 10.8 Å². The highest BCUT2D eigenvalue weighted by Crippen LogP contribution is 2.69. The van der Waals surface area contributed by atoms with E-state index in [1.54, 1.807) is 0 Å². The van der Waals surface area contributed by atoms with Gasteiger partial charge in [0.1, 0.15) is 0 Å².